The maximum absolute atomic E-state index is 13.3. The lowest BCUT2D eigenvalue weighted by molar-refractivity contribution is 0.153. The van der Waals surface area contributed by atoms with Crippen LogP contribution < -0.4 is 0 Å². The quantitative estimate of drug-likeness (QED) is 0.795. The molecule has 2 aliphatic rings. The Morgan fingerprint density at radius 2 is 1.90 bits per heavy atom. The van der Waals surface area contributed by atoms with E-state index in [4.69, 9.17) is 4.98 Å². The summed E-state index contributed by atoms with van der Waals surface area (Å²) in [5.74, 6) is 3.29. The maximum atomic E-state index is 13.3. The first kappa shape index (κ1) is 12.4. The number of H-pyrrole nitrogens is 1. The second kappa shape index (κ2) is 4.87. The van der Waals surface area contributed by atoms with Crippen LogP contribution >= 0.6 is 0 Å². The highest BCUT2D eigenvalue weighted by Crippen LogP contribution is 2.45. The summed E-state index contributed by atoms with van der Waals surface area (Å²) in [6.07, 6.45) is 9.52. The third kappa shape index (κ3) is 2.13. The summed E-state index contributed by atoms with van der Waals surface area (Å²) in [5, 5.41) is 0. The molecule has 0 bridgehead atoms. The predicted octanol–water partition coefficient (Wildman–Crippen LogP) is 4.78. The Balaban J connectivity index is 1.59. The molecule has 2 aromatic rings. The minimum atomic E-state index is -0.191. The van der Waals surface area contributed by atoms with Crippen LogP contribution in [0.4, 0.5) is 4.39 Å². The van der Waals surface area contributed by atoms with Crippen molar-refractivity contribution in [3.8, 4) is 0 Å². The minimum Gasteiger partial charge on any atom is -0.342 e. The number of nitrogens with one attached hydrogen (secondary N) is 1. The smallest absolute Gasteiger partial charge is 0.125 e. The van der Waals surface area contributed by atoms with E-state index in [0.717, 1.165) is 28.7 Å². The van der Waals surface area contributed by atoms with Gasteiger partial charge in [0, 0.05) is 5.92 Å². The Labute approximate surface area is 118 Å². The van der Waals surface area contributed by atoms with Crippen LogP contribution in [0.3, 0.4) is 0 Å². The molecule has 0 radical (unpaired) electrons. The van der Waals surface area contributed by atoms with E-state index in [1.165, 1.54) is 51.0 Å². The number of fused-ring (bicyclic) bond motifs is 2. The van der Waals surface area contributed by atoms with Gasteiger partial charge in [-0.1, -0.05) is 25.7 Å². The molecule has 106 valence electrons. The fourth-order valence-electron chi connectivity index (χ4n) is 4.32. The van der Waals surface area contributed by atoms with Gasteiger partial charge in [0.05, 0.1) is 11.0 Å². The van der Waals surface area contributed by atoms with Gasteiger partial charge < -0.3 is 4.98 Å². The Morgan fingerprint density at radius 3 is 2.80 bits per heavy atom. The van der Waals surface area contributed by atoms with Crippen molar-refractivity contribution in [2.24, 2.45) is 11.8 Å². The van der Waals surface area contributed by atoms with Gasteiger partial charge in [0.25, 0.3) is 0 Å². The van der Waals surface area contributed by atoms with Crippen molar-refractivity contribution in [2.45, 2.75) is 50.9 Å². The molecule has 3 atom stereocenters. The lowest BCUT2D eigenvalue weighted by atomic mass is 9.67. The van der Waals surface area contributed by atoms with E-state index >= 15 is 0 Å². The van der Waals surface area contributed by atoms with Crippen molar-refractivity contribution in [3.05, 3.63) is 29.8 Å². The van der Waals surface area contributed by atoms with E-state index in [2.05, 4.69) is 4.98 Å². The third-order valence-corrected chi connectivity index (χ3v) is 5.39. The van der Waals surface area contributed by atoms with Gasteiger partial charge in [-0.25, -0.2) is 9.37 Å². The van der Waals surface area contributed by atoms with Crippen LogP contribution in [0, 0.1) is 17.7 Å². The van der Waals surface area contributed by atoms with Gasteiger partial charge >= 0.3 is 0 Å². The number of nitrogens with zero attached hydrogens (tertiary/aromatic N) is 1. The molecule has 0 saturated heterocycles. The van der Waals surface area contributed by atoms with Crippen LogP contribution in [0.25, 0.3) is 11.0 Å². The topological polar surface area (TPSA) is 28.7 Å². The van der Waals surface area contributed by atoms with E-state index in [1.807, 2.05) is 0 Å². The van der Waals surface area contributed by atoms with E-state index in [9.17, 15) is 4.39 Å². The zero-order chi connectivity index (χ0) is 13.5. The molecule has 0 amide bonds. The second-order valence-electron chi connectivity index (χ2n) is 6.60. The standard InChI is InChI=1S/C17H21FN2/c18-14-7-8-15-16(10-14)20-17(19-15)13-6-5-11-3-1-2-4-12(11)9-13/h7-8,10-13H,1-6,9H2,(H,19,20). The second-order valence-corrected chi connectivity index (χ2v) is 6.60. The number of hydrogen-bond donors (Lipinski definition) is 1. The normalized spacial score (nSPS) is 30.4. The number of aromatic nitrogens is 2. The van der Waals surface area contributed by atoms with Crippen molar-refractivity contribution in [1.29, 1.82) is 0 Å². The number of hydrogen-bond acceptors (Lipinski definition) is 1. The molecule has 0 aliphatic heterocycles. The van der Waals surface area contributed by atoms with Crippen molar-refractivity contribution >= 4 is 11.0 Å². The first-order valence-corrected chi connectivity index (χ1v) is 7.95. The molecule has 2 aliphatic carbocycles. The lowest BCUT2D eigenvalue weighted by Gasteiger charge is -2.38. The Kier molecular flexibility index (Phi) is 3.01. The molecule has 1 heterocycles. The summed E-state index contributed by atoms with van der Waals surface area (Å²) in [6.45, 7) is 0. The molecule has 0 spiro atoms. The number of rotatable bonds is 1. The molecule has 4 rings (SSSR count). The molecule has 2 fully saturated rings. The van der Waals surface area contributed by atoms with E-state index in [0.29, 0.717) is 5.92 Å². The Bertz CT molecular complexity index is 618. The van der Waals surface area contributed by atoms with Crippen molar-refractivity contribution in [2.75, 3.05) is 0 Å². The maximum Gasteiger partial charge on any atom is 0.125 e. The highest BCUT2D eigenvalue weighted by atomic mass is 19.1. The number of aromatic amines is 1. The molecule has 3 unspecified atom stereocenters. The minimum absolute atomic E-state index is 0.191. The molecular formula is C17H21FN2. The van der Waals surface area contributed by atoms with Crippen LogP contribution in [0.1, 0.15) is 56.7 Å². The molecule has 20 heavy (non-hydrogen) atoms. The van der Waals surface area contributed by atoms with Gasteiger partial charge in [-0.2, -0.15) is 0 Å². The molecule has 2 nitrogen and oxygen atoms in total. The van der Waals surface area contributed by atoms with Crippen LogP contribution in [0.2, 0.25) is 0 Å². The zero-order valence-electron chi connectivity index (χ0n) is 11.7. The largest absolute Gasteiger partial charge is 0.342 e. The summed E-state index contributed by atoms with van der Waals surface area (Å²) < 4.78 is 13.3. The number of benzene rings is 1. The third-order valence-electron chi connectivity index (χ3n) is 5.39. The fourth-order valence-corrected chi connectivity index (χ4v) is 4.32. The average molecular weight is 272 g/mol. The van der Waals surface area contributed by atoms with Crippen molar-refractivity contribution in [3.63, 3.8) is 0 Å². The van der Waals surface area contributed by atoms with Gasteiger partial charge in [0.15, 0.2) is 0 Å². The van der Waals surface area contributed by atoms with Gasteiger partial charge in [-0.05, 0) is 49.3 Å². The summed E-state index contributed by atoms with van der Waals surface area (Å²) in [7, 11) is 0. The van der Waals surface area contributed by atoms with E-state index in [1.54, 1.807) is 12.1 Å². The number of imidazole rings is 1. The zero-order valence-corrected chi connectivity index (χ0v) is 11.7. The molecule has 2 saturated carbocycles. The molecule has 1 aromatic carbocycles. The summed E-state index contributed by atoms with van der Waals surface area (Å²) >= 11 is 0. The fraction of sp³-hybridized carbons (Fsp3) is 0.588. The van der Waals surface area contributed by atoms with Gasteiger partial charge in [-0.15, -0.1) is 0 Å². The highest BCUT2D eigenvalue weighted by molar-refractivity contribution is 5.75. The molecular weight excluding hydrogens is 251 g/mol. The highest BCUT2D eigenvalue weighted by Gasteiger charge is 2.33. The first-order chi connectivity index (χ1) is 9.79. The van der Waals surface area contributed by atoms with Crippen LogP contribution in [-0.2, 0) is 0 Å². The summed E-state index contributed by atoms with van der Waals surface area (Å²) in [5.41, 5.74) is 1.73. The average Bonchev–Trinajstić information content (AvgIpc) is 2.89. The van der Waals surface area contributed by atoms with Gasteiger partial charge in [0.2, 0.25) is 0 Å². The Hall–Kier alpha value is -1.38. The van der Waals surface area contributed by atoms with Gasteiger partial charge in [0.1, 0.15) is 11.6 Å². The van der Waals surface area contributed by atoms with Crippen LogP contribution in [0.15, 0.2) is 18.2 Å². The number of halogens is 1. The Morgan fingerprint density at radius 1 is 1.05 bits per heavy atom. The van der Waals surface area contributed by atoms with E-state index < -0.39 is 0 Å². The monoisotopic (exact) mass is 272 g/mol. The van der Waals surface area contributed by atoms with Crippen molar-refractivity contribution in [1.82, 2.24) is 9.97 Å². The van der Waals surface area contributed by atoms with E-state index in [-0.39, 0.29) is 5.82 Å². The predicted molar refractivity (Wildman–Crippen MR) is 78.1 cm³/mol. The van der Waals surface area contributed by atoms with Gasteiger partial charge in [-0.3, -0.25) is 0 Å². The lowest BCUT2D eigenvalue weighted by Crippen LogP contribution is -2.27. The SMILES string of the molecule is Fc1ccc2nc(C3CCC4CCCCC4C3)[nH]c2c1. The van der Waals surface area contributed by atoms with Crippen LogP contribution in [-0.4, -0.2) is 9.97 Å². The van der Waals surface area contributed by atoms with Crippen molar-refractivity contribution < 1.29 is 4.39 Å². The molecule has 1 N–H and O–H groups in total. The molecule has 3 heteroatoms. The first-order valence-electron chi connectivity index (χ1n) is 7.95. The molecule has 1 aromatic heterocycles. The summed E-state index contributed by atoms with van der Waals surface area (Å²) in [4.78, 5) is 8.04. The van der Waals surface area contributed by atoms with Crippen LogP contribution in [0.5, 0.6) is 0 Å². The summed E-state index contributed by atoms with van der Waals surface area (Å²) in [6, 6.07) is 4.82.